The molecule has 3 amide bonds. The van der Waals surface area contributed by atoms with Crippen molar-refractivity contribution in [2.24, 2.45) is 5.92 Å². The van der Waals surface area contributed by atoms with Gasteiger partial charge in [-0.15, -0.1) is 0 Å². The highest BCUT2D eigenvalue weighted by Crippen LogP contribution is 2.30. The molecule has 0 spiro atoms. The molecule has 28 heavy (non-hydrogen) atoms. The SMILES string of the molecule is O=C1CCC(Nc2ccc(C3CCN(C(=O)[C@H]4CCNC4)CC3)cc2)C(=O)N1. The summed E-state index contributed by atoms with van der Waals surface area (Å²) >= 11 is 0. The second-order valence-electron chi connectivity index (χ2n) is 8.06. The first-order valence-electron chi connectivity index (χ1n) is 10.3. The molecule has 1 unspecified atom stereocenters. The first-order valence-corrected chi connectivity index (χ1v) is 10.3. The van der Waals surface area contributed by atoms with Crippen LogP contribution in [-0.2, 0) is 14.4 Å². The Morgan fingerprint density at radius 1 is 1.04 bits per heavy atom. The van der Waals surface area contributed by atoms with Crippen LogP contribution in [0.1, 0.15) is 43.6 Å². The zero-order valence-electron chi connectivity index (χ0n) is 16.1. The third-order valence-electron chi connectivity index (χ3n) is 6.18. The lowest BCUT2D eigenvalue weighted by Crippen LogP contribution is -2.47. The van der Waals surface area contributed by atoms with Gasteiger partial charge in [-0.1, -0.05) is 12.1 Å². The zero-order valence-corrected chi connectivity index (χ0v) is 16.1. The van der Waals surface area contributed by atoms with Gasteiger partial charge in [-0.2, -0.15) is 0 Å². The standard InChI is InChI=1S/C21H28N4O3/c26-19-6-5-18(20(27)24-19)23-17-3-1-14(2-4-17)15-8-11-25(12-9-15)21(28)16-7-10-22-13-16/h1-4,15-16,18,22-23H,5-13H2,(H,24,26,27)/t16-,18?/m0/s1. The number of amides is 3. The van der Waals surface area contributed by atoms with Crippen LogP contribution in [0, 0.1) is 5.92 Å². The van der Waals surface area contributed by atoms with E-state index in [2.05, 4.69) is 28.1 Å². The quantitative estimate of drug-likeness (QED) is 0.679. The number of hydrogen-bond acceptors (Lipinski definition) is 5. The lowest BCUT2D eigenvalue weighted by atomic mass is 9.88. The summed E-state index contributed by atoms with van der Waals surface area (Å²) in [7, 11) is 0. The van der Waals surface area contributed by atoms with E-state index < -0.39 is 0 Å². The number of nitrogens with zero attached hydrogens (tertiary/aromatic N) is 1. The molecule has 7 nitrogen and oxygen atoms in total. The zero-order chi connectivity index (χ0) is 19.5. The lowest BCUT2D eigenvalue weighted by Gasteiger charge is -2.33. The van der Waals surface area contributed by atoms with E-state index >= 15 is 0 Å². The highest BCUT2D eigenvalue weighted by atomic mass is 16.2. The fourth-order valence-electron chi connectivity index (χ4n) is 4.44. The van der Waals surface area contributed by atoms with Crippen molar-refractivity contribution in [2.45, 2.75) is 44.1 Å². The molecule has 4 rings (SSSR count). The summed E-state index contributed by atoms with van der Waals surface area (Å²) in [6, 6.07) is 7.86. The molecule has 3 aliphatic heterocycles. The molecule has 3 fully saturated rings. The molecule has 1 aromatic carbocycles. The molecule has 7 heteroatoms. The molecular formula is C21H28N4O3. The summed E-state index contributed by atoms with van der Waals surface area (Å²) in [6.45, 7) is 3.43. The predicted molar refractivity (Wildman–Crippen MR) is 106 cm³/mol. The third-order valence-corrected chi connectivity index (χ3v) is 6.18. The van der Waals surface area contributed by atoms with E-state index in [9.17, 15) is 14.4 Å². The van der Waals surface area contributed by atoms with Crippen LogP contribution in [0.4, 0.5) is 5.69 Å². The van der Waals surface area contributed by atoms with Crippen molar-refractivity contribution in [3.63, 3.8) is 0 Å². The maximum atomic E-state index is 12.5. The molecule has 1 aromatic rings. The molecule has 0 aromatic heterocycles. The van der Waals surface area contributed by atoms with Crippen LogP contribution in [0.5, 0.6) is 0 Å². The Kier molecular flexibility index (Phi) is 5.62. The normalized spacial score (nSPS) is 26.2. The van der Waals surface area contributed by atoms with Crippen molar-refractivity contribution in [2.75, 3.05) is 31.5 Å². The maximum Gasteiger partial charge on any atom is 0.249 e. The molecule has 3 saturated heterocycles. The summed E-state index contributed by atoms with van der Waals surface area (Å²) in [6.07, 6.45) is 3.84. The van der Waals surface area contributed by atoms with E-state index in [1.807, 2.05) is 17.0 Å². The second kappa shape index (κ2) is 8.31. The van der Waals surface area contributed by atoms with Gasteiger partial charge in [-0.05, 0) is 55.8 Å². The summed E-state index contributed by atoms with van der Waals surface area (Å²) in [5, 5.41) is 8.85. The van der Waals surface area contributed by atoms with Crippen molar-refractivity contribution >= 4 is 23.4 Å². The van der Waals surface area contributed by atoms with Gasteiger partial charge in [0.15, 0.2) is 0 Å². The number of rotatable bonds is 4. The fourth-order valence-corrected chi connectivity index (χ4v) is 4.44. The smallest absolute Gasteiger partial charge is 0.249 e. The van der Waals surface area contributed by atoms with Crippen LogP contribution in [0.3, 0.4) is 0 Å². The Morgan fingerprint density at radius 3 is 2.43 bits per heavy atom. The van der Waals surface area contributed by atoms with Crippen LogP contribution < -0.4 is 16.0 Å². The minimum absolute atomic E-state index is 0.161. The Hall–Kier alpha value is -2.41. The number of hydrogen-bond donors (Lipinski definition) is 3. The second-order valence-corrected chi connectivity index (χ2v) is 8.06. The number of carbonyl (C=O) groups excluding carboxylic acids is 3. The van der Waals surface area contributed by atoms with E-state index in [1.54, 1.807) is 0 Å². The average Bonchev–Trinajstić information content (AvgIpc) is 3.25. The van der Waals surface area contributed by atoms with Crippen molar-refractivity contribution in [3.05, 3.63) is 29.8 Å². The highest BCUT2D eigenvalue weighted by Gasteiger charge is 2.30. The molecule has 0 aliphatic carbocycles. The third kappa shape index (κ3) is 4.19. The maximum absolute atomic E-state index is 12.5. The van der Waals surface area contributed by atoms with Crippen molar-refractivity contribution in [1.29, 1.82) is 0 Å². The number of carbonyl (C=O) groups is 3. The van der Waals surface area contributed by atoms with E-state index in [0.717, 1.165) is 51.1 Å². The lowest BCUT2D eigenvalue weighted by molar-refractivity contribution is -0.136. The molecule has 0 saturated carbocycles. The molecule has 3 heterocycles. The van der Waals surface area contributed by atoms with Crippen molar-refractivity contribution in [3.8, 4) is 0 Å². The van der Waals surface area contributed by atoms with Gasteiger partial charge in [-0.3, -0.25) is 19.7 Å². The van der Waals surface area contributed by atoms with Gasteiger partial charge in [0, 0.05) is 31.7 Å². The van der Waals surface area contributed by atoms with Gasteiger partial charge in [0.2, 0.25) is 17.7 Å². The van der Waals surface area contributed by atoms with E-state index in [4.69, 9.17) is 0 Å². The summed E-state index contributed by atoms with van der Waals surface area (Å²) in [5.41, 5.74) is 2.17. The van der Waals surface area contributed by atoms with Crippen molar-refractivity contribution in [1.82, 2.24) is 15.5 Å². The minimum Gasteiger partial charge on any atom is -0.374 e. The number of anilines is 1. The number of imide groups is 1. The Balaban J connectivity index is 1.29. The monoisotopic (exact) mass is 384 g/mol. The first-order chi connectivity index (χ1) is 13.6. The number of likely N-dealkylation sites (tertiary alicyclic amines) is 1. The largest absolute Gasteiger partial charge is 0.374 e. The van der Waals surface area contributed by atoms with Crippen LogP contribution in [0.15, 0.2) is 24.3 Å². The van der Waals surface area contributed by atoms with E-state index in [0.29, 0.717) is 24.7 Å². The van der Waals surface area contributed by atoms with Gasteiger partial charge >= 0.3 is 0 Å². The molecule has 150 valence electrons. The molecule has 2 atom stereocenters. The molecular weight excluding hydrogens is 356 g/mol. The van der Waals surface area contributed by atoms with Crippen LogP contribution >= 0.6 is 0 Å². The van der Waals surface area contributed by atoms with Crippen LogP contribution in [0.25, 0.3) is 0 Å². The molecule has 3 aliphatic rings. The van der Waals surface area contributed by atoms with Gasteiger partial charge in [0.1, 0.15) is 6.04 Å². The van der Waals surface area contributed by atoms with Gasteiger partial charge in [-0.25, -0.2) is 0 Å². The topological polar surface area (TPSA) is 90.5 Å². The van der Waals surface area contributed by atoms with Crippen molar-refractivity contribution < 1.29 is 14.4 Å². The summed E-state index contributed by atoms with van der Waals surface area (Å²) < 4.78 is 0. The van der Waals surface area contributed by atoms with Crippen LogP contribution in [0.2, 0.25) is 0 Å². The Labute approximate surface area is 165 Å². The average molecular weight is 384 g/mol. The highest BCUT2D eigenvalue weighted by molar-refractivity contribution is 6.01. The molecule has 3 N–H and O–H groups in total. The predicted octanol–water partition coefficient (Wildman–Crippen LogP) is 1.22. The summed E-state index contributed by atoms with van der Waals surface area (Å²) in [5.74, 6) is 0.485. The van der Waals surface area contributed by atoms with E-state index in [1.165, 1.54) is 5.56 Å². The Morgan fingerprint density at radius 2 is 1.79 bits per heavy atom. The Bertz CT molecular complexity index is 735. The van der Waals surface area contributed by atoms with Crippen LogP contribution in [-0.4, -0.2) is 54.8 Å². The van der Waals surface area contributed by atoms with Gasteiger partial charge in [0.25, 0.3) is 0 Å². The number of benzene rings is 1. The van der Waals surface area contributed by atoms with Gasteiger partial charge < -0.3 is 15.5 Å². The number of piperidine rings is 2. The fraction of sp³-hybridized carbons (Fsp3) is 0.571. The molecule has 0 radical (unpaired) electrons. The van der Waals surface area contributed by atoms with E-state index in [-0.39, 0.29) is 23.8 Å². The molecule has 0 bridgehead atoms. The van der Waals surface area contributed by atoms with Gasteiger partial charge in [0.05, 0.1) is 5.92 Å². The minimum atomic E-state index is -0.358. The first kappa shape index (κ1) is 18.9. The summed E-state index contributed by atoms with van der Waals surface area (Å²) in [4.78, 5) is 37.7. The number of nitrogens with one attached hydrogen (secondary N) is 3.